The smallest absolute Gasteiger partial charge is 0.269 e. The highest BCUT2D eigenvalue weighted by Gasteiger charge is 2.33. The van der Waals surface area contributed by atoms with E-state index in [1.807, 2.05) is 4.90 Å². The van der Waals surface area contributed by atoms with Crippen molar-refractivity contribution in [1.29, 1.82) is 0 Å². The number of non-ortho nitro benzene ring substituents is 1. The number of nitro groups is 1. The maximum absolute atomic E-state index is 12.2. The SMILES string of the molecule is C[NH+]1CC[NH+](CCCN2C(=O)CS[C@@H]2c2ccc([N+](=O)[O-])cc2)CC1. The molecule has 8 heteroatoms. The van der Waals surface area contributed by atoms with Gasteiger partial charge in [0.15, 0.2) is 0 Å². The van der Waals surface area contributed by atoms with Crippen molar-refractivity contribution in [1.82, 2.24) is 4.90 Å². The van der Waals surface area contributed by atoms with Crippen LogP contribution in [0.5, 0.6) is 0 Å². The average molecular weight is 366 g/mol. The Morgan fingerprint density at radius 2 is 1.92 bits per heavy atom. The average Bonchev–Trinajstić information content (AvgIpc) is 2.98. The second kappa shape index (κ2) is 8.16. The molecule has 2 N–H and O–H groups in total. The zero-order valence-corrected chi connectivity index (χ0v) is 15.4. The number of nitrogens with zero attached hydrogens (tertiary/aromatic N) is 2. The Morgan fingerprint density at radius 3 is 2.56 bits per heavy atom. The minimum absolute atomic E-state index is 0.0137. The predicted octanol–water partition coefficient (Wildman–Crippen LogP) is -1.03. The van der Waals surface area contributed by atoms with Crippen molar-refractivity contribution in [2.75, 3.05) is 52.1 Å². The molecule has 1 aromatic carbocycles. The maximum atomic E-state index is 12.2. The molecule has 0 aliphatic carbocycles. The first kappa shape index (κ1) is 18.2. The van der Waals surface area contributed by atoms with Crippen LogP contribution in [0.25, 0.3) is 0 Å². The second-order valence-electron chi connectivity index (χ2n) is 6.91. The summed E-state index contributed by atoms with van der Waals surface area (Å²) in [5.74, 6) is 0.665. The van der Waals surface area contributed by atoms with Crippen LogP contribution >= 0.6 is 11.8 Å². The van der Waals surface area contributed by atoms with Crippen LogP contribution in [-0.4, -0.2) is 67.8 Å². The Morgan fingerprint density at radius 1 is 1.24 bits per heavy atom. The summed E-state index contributed by atoms with van der Waals surface area (Å²) in [6.45, 7) is 6.73. The summed E-state index contributed by atoms with van der Waals surface area (Å²) in [6, 6.07) is 6.59. The minimum Gasteiger partial charge on any atom is -0.328 e. The van der Waals surface area contributed by atoms with E-state index in [1.165, 1.54) is 38.3 Å². The van der Waals surface area contributed by atoms with Crippen molar-refractivity contribution < 1.29 is 19.5 Å². The van der Waals surface area contributed by atoms with Gasteiger partial charge in [0.25, 0.3) is 5.69 Å². The lowest BCUT2D eigenvalue weighted by atomic mass is 10.2. The molecule has 1 aromatic rings. The molecule has 2 fully saturated rings. The standard InChI is InChI=1S/C17H24N4O3S/c1-18-9-11-19(12-10-18)7-2-8-20-16(22)13-25-17(20)14-3-5-15(6-4-14)21(23)24/h3-6,17H,2,7-13H2,1H3/p+2/t17-/m1/s1. The van der Waals surface area contributed by atoms with Gasteiger partial charge in [-0.1, -0.05) is 0 Å². The molecule has 1 atom stereocenters. The summed E-state index contributed by atoms with van der Waals surface area (Å²) in [6.07, 6.45) is 1.00. The van der Waals surface area contributed by atoms with Crippen LogP contribution in [0.2, 0.25) is 0 Å². The van der Waals surface area contributed by atoms with E-state index in [1.54, 1.807) is 33.7 Å². The molecule has 0 saturated carbocycles. The molecule has 25 heavy (non-hydrogen) atoms. The number of likely N-dealkylation sites (N-methyl/N-ethyl adjacent to an activating group) is 1. The van der Waals surface area contributed by atoms with Crippen LogP contribution in [0, 0.1) is 10.1 Å². The molecule has 2 aliphatic heterocycles. The number of carbonyl (C=O) groups is 1. The van der Waals surface area contributed by atoms with Gasteiger partial charge >= 0.3 is 0 Å². The van der Waals surface area contributed by atoms with Crippen molar-refractivity contribution >= 4 is 23.4 Å². The molecule has 2 heterocycles. The van der Waals surface area contributed by atoms with Gasteiger partial charge in [-0.05, 0) is 17.7 Å². The summed E-state index contributed by atoms with van der Waals surface area (Å²) in [5.41, 5.74) is 1.06. The molecule has 0 bridgehead atoms. The van der Waals surface area contributed by atoms with Gasteiger partial charge in [0.05, 0.1) is 24.3 Å². The van der Waals surface area contributed by atoms with Gasteiger partial charge in [-0.2, -0.15) is 0 Å². The molecule has 7 nitrogen and oxygen atoms in total. The maximum Gasteiger partial charge on any atom is 0.269 e. The Kier molecular flexibility index (Phi) is 5.93. The zero-order valence-electron chi connectivity index (χ0n) is 14.6. The van der Waals surface area contributed by atoms with Crippen molar-refractivity contribution in [3.63, 3.8) is 0 Å². The number of benzene rings is 1. The van der Waals surface area contributed by atoms with Gasteiger partial charge < -0.3 is 14.7 Å². The lowest BCUT2D eigenvalue weighted by Crippen LogP contribution is -3.27. The number of hydrogen-bond acceptors (Lipinski definition) is 4. The molecule has 2 aliphatic rings. The summed E-state index contributed by atoms with van der Waals surface area (Å²) in [7, 11) is 2.24. The van der Waals surface area contributed by atoms with Crippen molar-refractivity contribution in [3.05, 3.63) is 39.9 Å². The third kappa shape index (κ3) is 4.50. The fraction of sp³-hybridized carbons (Fsp3) is 0.588. The summed E-state index contributed by atoms with van der Waals surface area (Å²) in [4.78, 5) is 27.8. The molecule has 136 valence electrons. The van der Waals surface area contributed by atoms with Gasteiger partial charge in [-0.15, -0.1) is 11.8 Å². The van der Waals surface area contributed by atoms with Crippen molar-refractivity contribution in [2.45, 2.75) is 11.8 Å². The van der Waals surface area contributed by atoms with Crippen LogP contribution in [-0.2, 0) is 4.79 Å². The van der Waals surface area contributed by atoms with Crippen molar-refractivity contribution in [3.8, 4) is 0 Å². The number of thioether (sulfide) groups is 1. The van der Waals surface area contributed by atoms with E-state index < -0.39 is 4.92 Å². The molecule has 0 radical (unpaired) electrons. The van der Waals surface area contributed by atoms with Gasteiger partial charge in [-0.3, -0.25) is 14.9 Å². The van der Waals surface area contributed by atoms with Crippen LogP contribution < -0.4 is 9.80 Å². The van der Waals surface area contributed by atoms with Crippen LogP contribution in [0.3, 0.4) is 0 Å². The molecule has 0 aromatic heterocycles. The number of nitrogens with one attached hydrogen (secondary N) is 2. The lowest BCUT2D eigenvalue weighted by molar-refractivity contribution is -1.00. The third-order valence-electron chi connectivity index (χ3n) is 5.10. The van der Waals surface area contributed by atoms with Gasteiger partial charge in [0.1, 0.15) is 31.6 Å². The number of carbonyl (C=O) groups excluding carboxylic acids is 1. The Bertz CT molecular complexity index is 617. The fourth-order valence-corrected chi connectivity index (χ4v) is 4.73. The number of hydrogen-bond donors (Lipinski definition) is 2. The van der Waals surface area contributed by atoms with E-state index in [2.05, 4.69) is 7.05 Å². The number of piperazine rings is 1. The Balaban J connectivity index is 1.55. The molecule has 1 amide bonds. The summed E-state index contributed by atoms with van der Waals surface area (Å²) >= 11 is 1.61. The predicted molar refractivity (Wildman–Crippen MR) is 96.8 cm³/mol. The van der Waals surface area contributed by atoms with E-state index in [4.69, 9.17) is 0 Å². The molecular formula is C17H26N4O3S+2. The molecule has 2 saturated heterocycles. The van der Waals surface area contributed by atoms with E-state index in [9.17, 15) is 14.9 Å². The number of rotatable bonds is 6. The zero-order chi connectivity index (χ0) is 17.8. The second-order valence-corrected chi connectivity index (χ2v) is 7.98. The fourth-order valence-electron chi connectivity index (χ4n) is 3.51. The topological polar surface area (TPSA) is 72.3 Å². The van der Waals surface area contributed by atoms with E-state index in [0.717, 1.165) is 25.1 Å². The highest BCUT2D eigenvalue weighted by molar-refractivity contribution is 8.00. The molecule has 3 rings (SSSR count). The van der Waals surface area contributed by atoms with Gasteiger partial charge in [0, 0.05) is 25.1 Å². The first-order valence-electron chi connectivity index (χ1n) is 8.85. The van der Waals surface area contributed by atoms with E-state index >= 15 is 0 Å². The molecular weight excluding hydrogens is 340 g/mol. The highest BCUT2D eigenvalue weighted by Crippen LogP contribution is 2.38. The largest absolute Gasteiger partial charge is 0.328 e. The lowest BCUT2D eigenvalue weighted by Gasteiger charge is -2.29. The number of quaternary nitrogens is 2. The third-order valence-corrected chi connectivity index (χ3v) is 6.35. The van der Waals surface area contributed by atoms with Crippen LogP contribution in [0.1, 0.15) is 17.4 Å². The number of nitro benzene ring substituents is 1. The van der Waals surface area contributed by atoms with E-state index in [0.29, 0.717) is 5.75 Å². The quantitative estimate of drug-likeness (QED) is 0.499. The first-order valence-corrected chi connectivity index (χ1v) is 9.90. The van der Waals surface area contributed by atoms with Gasteiger partial charge in [-0.25, -0.2) is 0 Å². The summed E-state index contributed by atoms with van der Waals surface area (Å²) in [5, 5.41) is 10.8. The normalized spacial score (nSPS) is 26.8. The minimum atomic E-state index is -0.394. The highest BCUT2D eigenvalue weighted by atomic mass is 32.2. The van der Waals surface area contributed by atoms with Crippen LogP contribution in [0.15, 0.2) is 24.3 Å². The molecule has 0 spiro atoms. The summed E-state index contributed by atoms with van der Waals surface area (Å²) < 4.78 is 0. The number of amides is 1. The first-order chi connectivity index (χ1) is 12.0. The molecule has 0 unspecified atom stereocenters. The van der Waals surface area contributed by atoms with Crippen molar-refractivity contribution in [2.24, 2.45) is 0 Å². The Labute approximate surface area is 152 Å². The Hall–Kier alpha value is -1.64. The van der Waals surface area contributed by atoms with Crippen LogP contribution in [0.4, 0.5) is 5.69 Å². The van der Waals surface area contributed by atoms with E-state index in [-0.39, 0.29) is 17.0 Å². The van der Waals surface area contributed by atoms with Gasteiger partial charge in [0.2, 0.25) is 5.91 Å². The monoisotopic (exact) mass is 366 g/mol.